The highest BCUT2D eigenvalue weighted by Gasteiger charge is 2.25. The number of rotatable bonds is 3. The molecule has 0 saturated carbocycles. The number of nitrogens with zero attached hydrogens (tertiary/aromatic N) is 5. The van der Waals surface area contributed by atoms with Gasteiger partial charge in [0.2, 0.25) is 0 Å². The minimum Gasteiger partial charge on any atom is -0.367 e. The van der Waals surface area contributed by atoms with Gasteiger partial charge in [-0.1, -0.05) is 0 Å². The zero-order valence-corrected chi connectivity index (χ0v) is 19.1. The third kappa shape index (κ3) is 3.78. The van der Waals surface area contributed by atoms with E-state index in [0.717, 1.165) is 24.3 Å². The molecule has 2 atom stereocenters. The Kier molecular flexibility index (Phi) is 5.20. The fraction of sp³-hybridized carbons (Fsp3) is 0.333. The first-order valence-electron chi connectivity index (χ1n) is 11.0. The summed E-state index contributed by atoms with van der Waals surface area (Å²) in [7, 11) is 1.74. The summed E-state index contributed by atoms with van der Waals surface area (Å²) in [6.45, 7) is 7.82. The molecule has 8 nitrogen and oxygen atoms in total. The highest BCUT2D eigenvalue weighted by Crippen LogP contribution is 2.31. The van der Waals surface area contributed by atoms with Crippen LogP contribution in [-0.4, -0.2) is 50.8 Å². The lowest BCUT2D eigenvalue weighted by atomic mass is 10.1. The van der Waals surface area contributed by atoms with Crippen LogP contribution in [0, 0.1) is 12.7 Å². The number of carbonyl (C=O) groups is 1. The molecule has 9 heteroatoms. The SMILES string of the molecule is Cc1c(NC(=O)c2ccc(N3C[C@@H](C)N[C@@H](C)C3)c3nccnc23)cc(F)c2nn(C)cc12. The maximum atomic E-state index is 14.6. The molecule has 2 aromatic carbocycles. The molecule has 1 aliphatic rings. The third-order valence-corrected chi connectivity index (χ3v) is 6.13. The number of amides is 1. The summed E-state index contributed by atoms with van der Waals surface area (Å²) in [5.41, 5.74) is 3.99. The number of halogens is 1. The van der Waals surface area contributed by atoms with Crippen LogP contribution in [0.4, 0.5) is 15.8 Å². The van der Waals surface area contributed by atoms with Crippen molar-refractivity contribution in [3.63, 3.8) is 0 Å². The number of hydrogen-bond acceptors (Lipinski definition) is 6. The molecule has 0 spiro atoms. The first-order chi connectivity index (χ1) is 15.8. The van der Waals surface area contributed by atoms with E-state index in [-0.39, 0.29) is 11.4 Å². The Hall–Kier alpha value is -3.59. The molecule has 0 bridgehead atoms. The number of piperazine rings is 1. The third-order valence-electron chi connectivity index (χ3n) is 6.13. The van der Waals surface area contributed by atoms with E-state index in [2.05, 4.69) is 44.4 Å². The number of benzene rings is 2. The van der Waals surface area contributed by atoms with Crippen LogP contribution in [0.2, 0.25) is 0 Å². The Labute approximate surface area is 190 Å². The number of carbonyl (C=O) groups excluding carboxylic acids is 1. The van der Waals surface area contributed by atoms with Crippen LogP contribution in [0.1, 0.15) is 29.8 Å². The van der Waals surface area contributed by atoms with Crippen molar-refractivity contribution in [3.05, 3.63) is 53.7 Å². The van der Waals surface area contributed by atoms with Crippen molar-refractivity contribution in [3.8, 4) is 0 Å². The monoisotopic (exact) mass is 447 g/mol. The van der Waals surface area contributed by atoms with Gasteiger partial charge in [-0.25, -0.2) is 4.39 Å². The molecule has 2 N–H and O–H groups in total. The molecule has 1 amide bonds. The van der Waals surface area contributed by atoms with Crippen molar-refractivity contribution in [2.24, 2.45) is 7.05 Å². The van der Waals surface area contributed by atoms with Crippen LogP contribution < -0.4 is 15.5 Å². The smallest absolute Gasteiger partial charge is 0.257 e. The maximum Gasteiger partial charge on any atom is 0.257 e. The van der Waals surface area contributed by atoms with Crippen molar-refractivity contribution in [2.45, 2.75) is 32.9 Å². The Balaban J connectivity index is 1.53. The van der Waals surface area contributed by atoms with E-state index in [1.165, 1.54) is 6.07 Å². The number of fused-ring (bicyclic) bond motifs is 2. The van der Waals surface area contributed by atoms with Crippen LogP contribution in [0.25, 0.3) is 21.9 Å². The Bertz CT molecular complexity index is 1370. The molecule has 1 fully saturated rings. The van der Waals surface area contributed by atoms with E-state index in [9.17, 15) is 9.18 Å². The van der Waals surface area contributed by atoms with Gasteiger partial charge in [0.05, 0.1) is 11.3 Å². The fourth-order valence-electron chi connectivity index (χ4n) is 4.71. The fourth-order valence-corrected chi connectivity index (χ4v) is 4.71. The van der Waals surface area contributed by atoms with E-state index >= 15 is 0 Å². The summed E-state index contributed by atoms with van der Waals surface area (Å²) in [5.74, 6) is -0.840. The van der Waals surface area contributed by atoms with Gasteiger partial charge in [-0.05, 0) is 38.5 Å². The van der Waals surface area contributed by atoms with E-state index in [1.54, 1.807) is 36.4 Å². The molecule has 1 saturated heterocycles. The van der Waals surface area contributed by atoms with Crippen molar-refractivity contribution >= 4 is 39.2 Å². The second kappa shape index (κ2) is 8.08. The van der Waals surface area contributed by atoms with Gasteiger partial charge in [0, 0.05) is 68.0 Å². The number of anilines is 2. The highest BCUT2D eigenvalue weighted by molar-refractivity contribution is 6.13. The second-order valence-electron chi connectivity index (χ2n) is 8.81. The predicted molar refractivity (Wildman–Crippen MR) is 127 cm³/mol. The van der Waals surface area contributed by atoms with Gasteiger partial charge in [0.25, 0.3) is 5.91 Å². The standard InChI is InChI=1S/C24H26FN7O/c1-13-10-32(11-14(2)28-13)20-6-5-16(22-23(20)27-8-7-26-22)24(33)29-19-9-18(25)21-17(15(19)3)12-31(4)30-21/h5-9,12-14,28H,10-11H2,1-4H3,(H,29,33)/t13-,14+. The normalized spacial score (nSPS) is 18.8. The van der Waals surface area contributed by atoms with E-state index in [1.807, 2.05) is 13.0 Å². The summed E-state index contributed by atoms with van der Waals surface area (Å²) >= 11 is 0. The topological polar surface area (TPSA) is 88.0 Å². The largest absolute Gasteiger partial charge is 0.367 e. The van der Waals surface area contributed by atoms with Gasteiger partial charge < -0.3 is 15.5 Å². The Morgan fingerprint density at radius 3 is 2.55 bits per heavy atom. The summed E-state index contributed by atoms with van der Waals surface area (Å²) < 4.78 is 16.2. The van der Waals surface area contributed by atoms with Gasteiger partial charge in [-0.3, -0.25) is 19.4 Å². The number of aryl methyl sites for hydroxylation is 2. The maximum absolute atomic E-state index is 14.6. The van der Waals surface area contributed by atoms with E-state index in [0.29, 0.717) is 39.8 Å². The average molecular weight is 448 g/mol. The minimum atomic E-state index is -0.478. The average Bonchev–Trinajstić information content (AvgIpc) is 3.18. The van der Waals surface area contributed by atoms with Crippen LogP contribution >= 0.6 is 0 Å². The van der Waals surface area contributed by atoms with Gasteiger partial charge in [-0.2, -0.15) is 5.10 Å². The molecule has 0 unspecified atom stereocenters. The predicted octanol–water partition coefficient (Wildman–Crippen LogP) is 3.40. The first-order valence-corrected chi connectivity index (χ1v) is 11.0. The lowest BCUT2D eigenvalue weighted by molar-refractivity contribution is 0.102. The van der Waals surface area contributed by atoms with Crippen LogP contribution in [0.15, 0.2) is 36.8 Å². The first kappa shape index (κ1) is 21.3. The van der Waals surface area contributed by atoms with Gasteiger partial charge in [-0.15, -0.1) is 0 Å². The Morgan fingerprint density at radius 1 is 1.12 bits per heavy atom. The van der Waals surface area contributed by atoms with Crippen molar-refractivity contribution < 1.29 is 9.18 Å². The zero-order valence-electron chi connectivity index (χ0n) is 19.1. The van der Waals surface area contributed by atoms with Crippen molar-refractivity contribution in [1.29, 1.82) is 0 Å². The molecule has 1 aliphatic heterocycles. The van der Waals surface area contributed by atoms with Gasteiger partial charge >= 0.3 is 0 Å². The molecule has 2 aromatic heterocycles. The summed E-state index contributed by atoms with van der Waals surface area (Å²) in [5, 5.41) is 11.2. The number of nitrogens with one attached hydrogen (secondary N) is 2. The van der Waals surface area contributed by atoms with Gasteiger partial charge in [0.1, 0.15) is 16.6 Å². The van der Waals surface area contributed by atoms with Crippen molar-refractivity contribution in [2.75, 3.05) is 23.3 Å². The summed E-state index contributed by atoms with van der Waals surface area (Å²) in [6, 6.07) is 5.68. The van der Waals surface area contributed by atoms with Crippen LogP contribution in [0.3, 0.4) is 0 Å². The number of aromatic nitrogens is 4. The lowest BCUT2D eigenvalue weighted by Gasteiger charge is -2.38. The lowest BCUT2D eigenvalue weighted by Crippen LogP contribution is -2.54. The quantitative estimate of drug-likeness (QED) is 0.501. The molecule has 170 valence electrons. The Morgan fingerprint density at radius 2 is 1.82 bits per heavy atom. The molecule has 0 radical (unpaired) electrons. The molecule has 3 heterocycles. The highest BCUT2D eigenvalue weighted by atomic mass is 19.1. The molecule has 0 aliphatic carbocycles. The molecule has 4 aromatic rings. The molecule has 5 rings (SSSR count). The molecular weight excluding hydrogens is 421 g/mol. The van der Waals surface area contributed by atoms with E-state index in [4.69, 9.17) is 0 Å². The molecular formula is C24H26FN7O. The molecule has 33 heavy (non-hydrogen) atoms. The van der Waals surface area contributed by atoms with Gasteiger partial charge in [0.15, 0.2) is 5.82 Å². The minimum absolute atomic E-state index is 0.285. The summed E-state index contributed by atoms with van der Waals surface area (Å²) in [6.07, 6.45) is 4.96. The van der Waals surface area contributed by atoms with Crippen molar-refractivity contribution in [1.82, 2.24) is 25.1 Å². The zero-order chi connectivity index (χ0) is 23.3. The second-order valence-corrected chi connectivity index (χ2v) is 8.81. The van der Waals surface area contributed by atoms with Crippen LogP contribution in [0.5, 0.6) is 0 Å². The van der Waals surface area contributed by atoms with Crippen LogP contribution in [-0.2, 0) is 7.05 Å². The number of hydrogen-bond donors (Lipinski definition) is 2. The van der Waals surface area contributed by atoms with E-state index < -0.39 is 5.82 Å². The summed E-state index contributed by atoms with van der Waals surface area (Å²) in [4.78, 5) is 24.6.